The van der Waals surface area contributed by atoms with E-state index < -0.39 is 6.03 Å². The summed E-state index contributed by atoms with van der Waals surface area (Å²) in [5.41, 5.74) is 1.19. The molecule has 2 aromatic heterocycles. The Labute approximate surface area is 209 Å². The number of rotatable bonds is 6. The van der Waals surface area contributed by atoms with Crippen LogP contribution in [-0.4, -0.2) is 41.3 Å². The lowest BCUT2D eigenvalue weighted by Crippen LogP contribution is -2.20. The van der Waals surface area contributed by atoms with Gasteiger partial charge in [0.15, 0.2) is 5.82 Å². The summed E-state index contributed by atoms with van der Waals surface area (Å²) in [4.78, 5) is 28.9. The maximum atomic E-state index is 12.5. The molecule has 0 saturated carbocycles. The number of ether oxygens (including phenoxy) is 1. The van der Waals surface area contributed by atoms with Crippen LogP contribution in [0.1, 0.15) is 43.4 Å². The summed E-state index contributed by atoms with van der Waals surface area (Å²) in [5.74, 6) is 1.30. The van der Waals surface area contributed by atoms with Gasteiger partial charge in [-0.05, 0) is 49.4 Å². The Bertz CT molecular complexity index is 1140. The highest BCUT2D eigenvalue weighted by molar-refractivity contribution is 6.03. The molecule has 11 heteroatoms. The molecule has 3 aromatic rings. The number of nitrogens with one attached hydrogen (secondary N) is 4. The second-order valence-corrected chi connectivity index (χ2v) is 9.05. The SMILES string of the molecule is CC(C)(C)c1cc(NC(=O)Nc2ccc(NC(=O)c3ccc(O[C@H]4CCNC4)cn3)cc2)no1.Cl. The van der Waals surface area contributed by atoms with Crippen molar-refractivity contribution in [2.24, 2.45) is 0 Å². The number of nitrogens with zero attached hydrogens (tertiary/aromatic N) is 2. The molecule has 1 saturated heterocycles. The van der Waals surface area contributed by atoms with Crippen molar-refractivity contribution in [3.05, 3.63) is 60.1 Å². The van der Waals surface area contributed by atoms with Crippen molar-refractivity contribution in [3.63, 3.8) is 0 Å². The molecular formula is C24H29ClN6O4. The van der Waals surface area contributed by atoms with Gasteiger partial charge in [0.1, 0.15) is 23.3 Å². The molecule has 1 atom stereocenters. The Morgan fingerprint density at radius 3 is 2.34 bits per heavy atom. The van der Waals surface area contributed by atoms with Crippen molar-refractivity contribution in [2.75, 3.05) is 29.0 Å². The van der Waals surface area contributed by atoms with Crippen LogP contribution in [0.2, 0.25) is 0 Å². The summed E-state index contributed by atoms with van der Waals surface area (Å²) in [6.07, 6.45) is 2.64. The van der Waals surface area contributed by atoms with E-state index in [0.29, 0.717) is 28.7 Å². The molecule has 4 rings (SSSR count). The zero-order valence-electron chi connectivity index (χ0n) is 19.8. The third kappa shape index (κ3) is 7.17. The van der Waals surface area contributed by atoms with Gasteiger partial charge in [0, 0.05) is 29.4 Å². The van der Waals surface area contributed by atoms with Gasteiger partial charge in [-0.25, -0.2) is 9.78 Å². The quantitative estimate of drug-likeness (QED) is 0.394. The predicted octanol–water partition coefficient (Wildman–Crippen LogP) is 4.43. The third-order valence-electron chi connectivity index (χ3n) is 5.18. The fourth-order valence-electron chi connectivity index (χ4n) is 3.30. The minimum atomic E-state index is -0.453. The van der Waals surface area contributed by atoms with Crippen LogP contribution in [0.5, 0.6) is 5.75 Å². The van der Waals surface area contributed by atoms with Crippen LogP contribution in [0, 0.1) is 0 Å². The summed E-state index contributed by atoms with van der Waals surface area (Å²) >= 11 is 0. The zero-order chi connectivity index (χ0) is 24.1. The van der Waals surface area contributed by atoms with Gasteiger partial charge < -0.3 is 25.2 Å². The number of aromatic nitrogens is 2. The molecule has 186 valence electrons. The van der Waals surface area contributed by atoms with Crippen LogP contribution >= 0.6 is 12.4 Å². The molecule has 3 heterocycles. The molecule has 10 nitrogen and oxygen atoms in total. The van der Waals surface area contributed by atoms with E-state index >= 15 is 0 Å². The summed E-state index contributed by atoms with van der Waals surface area (Å²) in [6, 6.07) is 11.3. The number of hydrogen-bond donors (Lipinski definition) is 4. The smallest absolute Gasteiger partial charge is 0.324 e. The van der Waals surface area contributed by atoms with Gasteiger partial charge in [0.2, 0.25) is 0 Å². The Balaban J connectivity index is 0.00000342. The van der Waals surface area contributed by atoms with Crippen LogP contribution < -0.4 is 26.0 Å². The largest absolute Gasteiger partial charge is 0.487 e. The molecule has 1 aliphatic heterocycles. The van der Waals surface area contributed by atoms with E-state index in [9.17, 15) is 9.59 Å². The van der Waals surface area contributed by atoms with Crippen molar-refractivity contribution < 1.29 is 18.8 Å². The van der Waals surface area contributed by atoms with Gasteiger partial charge in [0.05, 0.1) is 6.20 Å². The summed E-state index contributed by atoms with van der Waals surface area (Å²) < 4.78 is 11.1. The van der Waals surface area contributed by atoms with Crippen molar-refractivity contribution in [2.45, 2.75) is 38.7 Å². The number of urea groups is 1. The van der Waals surface area contributed by atoms with Crippen LogP contribution in [0.3, 0.4) is 0 Å². The minimum Gasteiger partial charge on any atom is -0.487 e. The second kappa shape index (κ2) is 11.2. The molecule has 1 fully saturated rings. The first-order chi connectivity index (χ1) is 16.3. The molecule has 0 radical (unpaired) electrons. The average molecular weight is 501 g/mol. The molecule has 0 aliphatic carbocycles. The van der Waals surface area contributed by atoms with Crippen molar-refractivity contribution in [1.82, 2.24) is 15.5 Å². The Hall–Kier alpha value is -3.63. The standard InChI is InChI=1S/C24H28N6O4.ClH/c1-24(2,3)20-12-21(30-34-20)29-23(32)28-16-6-4-15(5-7-16)27-22(31)19-9-8-17(14-26-19)33-18-10-11-25-13-18;/h4-9,12,14,18,25H,10-11,13H2,1-3H3,(H,27,31)(H2,28,29,30,32);1H/t18-;/m0./s1. The molecule has 35 heavy (non-hydrogen) atoms. The van der Waals surface area contributed by atoms with Gasteiger partial charge in [-0.1, -0.05) is 25.9 Å². The van der Waals surface area contributed by atoms with E-state index in [2.05, 4.69) is 31.4 Å². The van der Waals surface area contributed by atoms with Crippen LogP contribution in [0.25, 0.3) is 0 Å². The number of amides is 3. The van der Waals surface area contributed by atoms with Gasteiger partial charge >= 0.3 is 6.03 Å². The molecule has 4 N–H and O–H groups in total. The first kappa shape index (κ1) is 26.0. The number of benzene rings is 1. The molecule has 1 aliphatic rings. The first-order valence-electron chi connectivity index (χ1n) is 11.1. The number of carbonyl (C=O) groups is 2. The number of hydrogen-bond acceptors (Lipinski definition) is 7. The van der Waals surface area contributed by atoms with Crippen molar-refractivity contribution in [3.8, 4) is 5.75 Å². The Morgan fingerprint density at radius 2 is 1.77 bits per heavy atom. The summed E-state index contributed by atoms with van der Waals surface area (Å²) in [6.45, 7) is 7.73. The number of pyridine rings is 1. The lowest BCUT2D eigenvalue weighted by atomic mass is 9.93. The number of carbonyl (C=O) groups excluding carboxylic acids is 2. The average Bonchev–Trinajstić information content (AvgIpc) is 3.48. The predicted molar refractivity (Wildman–Crippen MR) is 136 cm³/mol. The Kier molecular flexibility index (Phi) is 8.31. The van der Waals surface area contributed by atoms with E-state index in [4.69, 9.17) is 9.26 Å². The minimum absolute atomic E-state index is 0. The van der Waals surface area contributed by atoms with Crippen molar-refractivity contribution >= 4 is 41.5 Å². The Morgan fingerprint density at radius 1 is 1.06 bits per heavy atom. The summed E-state index contributed by atoms with van der Waals surface area (Å²) in [5, 5.41) is 15.2. The zero-order valence-corrected chi connectivity index (χ0v) is 20.6. The van der Waals surface area contributed by atoms with Gasteiger partial charge in [-0.2, -0.15) is 0 Å². The van der Waals surface area contributed by atoms with Gasteiger partial charge in [-0.3, -0.25) is 10.1 Å². The van der Waals surface area contributed by atoms with E-state index in [1.165, 1.54) is 0 Å². The molecule has 3 amide bonds. The van der Waals surface area contributed by atoms with Gasteiger partial charge in [0.25, 0.3) is 5.91 Å². The topological polar surface area (TPSA) is 130 Å². The van der Waals surface area contributed by atoms with E-state index in [1.54, 1.807) is 48.7 Å². The van der Waals surface area contributed by atoms with Crippen LogP contribution in [-0.2, 0) is 5.41 Å². The molecule has 0 bridgehead atoms. The first-order valence-corrected chi connectivity index (χ1v) is 11.1. The second-order valence-electron chi connectivity index (χ2n) is 9.05. The van der Waals surface area contributed by atoms with Crippen molar-refractivity contribution in [1.29, 1.82) is 0 Å². The molecule has 1 aromatic carbocycles. The van der Waals surface area contributed by atoms with E-state index in [0.717, 1.165) is 19.5 Å². The highest BCUT2D eigenvalue weighted by Gasteiger charge is 2.20. The maximum Gasteiger partial charge on any atom is 0.324 e. The van der Waals surface area contributed by atoms with Crippen LogP contribution in [0.4, 0.5) is 22.0 Å². The van der Waals surface area contributed by atoms with E-state index in [-0.39, 0.29) is 35.5 Å². The highest BCUT2D eigenvalue weighted by Crippen LogP contribution is 2.24. The lowest BCUT2D eigenvalue weighted by molar-refractivity contribution is 0.102. The van der Waals surface area contributed by atoms with Crippen LogP contribution in [0.15, 0.2) is 53.2 Å². The normalized spacial score (nSPS) is 15.1. The molecular weight excluding hydrogens is 472 g/mol. The summed E-state index contributed by atoms with van der Waals surface area (Å²) in [7, 11) is 0. The third-order valence-corrected chi connectivity index (χ3v) is 5.18. The van der Waals surface area contributed by atoms with E-state index in [1.807, 2.05) is 20.8 Å². The number of halogens is 1. The fourth-order valence-corrected chi connectivity index (χ4v) is 3.30. The fraction of sp³-hybridized carbons (Fsp3) is 0.333. The highest BCUT2D eigenvalue weighted by atomic mass is 35.5. The lowest BCUT2D eigenvalue weighted by Gasteiger charge is -2.12. The molecule has 0 unspecified atom stereocenters. The van der Waals surface area contributed by atoms with Gasteiger partial charge in [-0.15, -0.1) is 12.4 Å². The molecule has 0 spiro atoms. The monoisotopic (exact) mass is 500 g/mol. The maximum absolute atomic E-state index is 12.5. The number of anilines is 3.